The van der Waals surface area contributed by atoms with Crippen LogP contribution in [-0.4, -0.2) is 40.8 Å². The van der Waals surface area contributed by atoms with E-state index >= 15 is 0 Å². The van der Waals surface area contributed by atoms with E-state index < -0.39 is 0 Å². The fourth-order valence-electron chi connectivity index (χ4n) is 2.61. The fraction of sp³-hybridized carbons (Fsp3) is 0.438. The number of nitrogens with one attached hydrogen (secondary N) is 3. The molecule has 0 spiro atoms. The Morgan fingerprint density at radius 1 is 1.35 bits per heavy atom. The highest BCUT2D eigenvalue weighted by atomic mass is 16.5. The zero-order valence-corrected chi connectivity index (χ0v) is 13.1. The van der Waals surface area contributed by atoms with E-state index in [-0.39, 0.29) is 11.9 Å². The Hall–Kier alpha value is -2.41. The van der Waals surface area contributed by atoms with E-state index in [1.54, 1.807) is 7.11 Å². The number of methoxy groups -OCH3 is 1. The number of rotatable bonds is 5. The molecule has 1 aliphatic rings. The molecule has 1 aromatic heterocycles. The molecule has 1 fully saturated rings. The molecule has 7 nitrogen and oxygen atoms in total. The van der Waals surface area contributed by atoms with Crippen LogP contribution in [0.5, 0.6) is 5.75 Å². The third kappa shape index (κ3) is 3.87. The molecule has 1 atom stereocenters. The summed E-state index contributed by atoms with van der Waals surface area (Å²) in [5.74, 6) is 2.05. The van der Waals surface area contributed by atoms with Gasteiger partial charge in [-0.15, -0.1) is 0 Å². The second-order valence-corrected chi connectivity index (χ2v) is 5.55. The van der Waals surface area contributed by atoms with Gasteiger partial charge in [-0.25, -0.2) is 4.98 Å². The molecule has 7 heteroatoms. The van der Waals surface area contributed by atoms with Gasteiger partial charge in [0.1, 0.15) is 11.6 Å². The number of piperidine rings is 1. The second-order valence-electron chi connectivity index (χ2n) is 5.55. The molecule has 3 N–H and O–H groups in total. The van der Waals surface area contributed by atoms with Gasteiger partial charge in [0.15, 0.2) is 5.82 Å². The van der Waals surface area contributed by atoms with Crippen LogP contribution in [0.15, 0.2) is 24.3 Å². The highest BCUT2D eigenvalue weighted by Crippen LogP contribution is 2.18. The third-order valence-corrected chi connectivity index (χ3v) is 3.94. The smallest absolute Gasteiger partial charge is 0.237 e. The lowest BCUT2D eigenvalue weighted by Crippen LogP contribution is -2.46. The van der Waals surface area contributed by atoms with Crippen molar-refractivity contribution in [3.05, 3.63) is 30.1 Å². The van der Waals surface area contributed by atoms with Crippen LogP contribution < -0.4 is 15.4 Å². The summed E-state index contributed by atoms with van der Waals surface area (Å²) in [4.78, 5) is 16.5. The van der Waals surface area contributed by atoms with Crippen molar-refractivity contribution >= 4 is 5.91 Å². The van der Waals surface area contributed by atoms with E-state index in [1.165, 1.54) is 0 Å². The number of aromatic nitrogens is 3. The van der Waals surface area contributed by atoms with Crippen molar-refractivity contribution in [3.8, 4) is 17.1 Å². The van der Waals surface area contributed by atoms with Gasteiger partial charge >= 0.3 is 0 Å². The lowest BCUT2D eigenvalue weighted by atomic mass is 10.0. The van der Waals surface area contributed by atoms with Crippen LogP contribution in [0, 0.1) is 0 Å². The van der Waals surface area contributed by atoms with E-state index in [1.807, 2.05) is 24.3 Å². The zero-order valence-electron chi connectivity index (χ0n) is 13.1. The minimum atomic E-state index is -0.0901. The standard InChI is InChI=1S/C16H21N5O2/c1-23-12-7-5-11(6-8-12)15-19-14(20-21-15)10-18-16(22)13-4-2-3-9-17-13/h5-8,13,17H,2-4,9-10H2,1H3,(H,18,22)(H,19,20,21). The van der Waals surface area contributed by atoms with Crippen molar-refractivity contribution in [3.63, 3.8) is 0 Å². The molecule has 1 aromatic carbocycles. The Balaban J connectivity index is 1.57. The number of hydrogen-bond acceptors (Lipinski definition) is 5. The Morgan fingerprint density at radius 3 is 2.87 bits per heavy atom. The number of benzene rings is 1. The molecule has 1 amide bonds. The summed E-state index contributed by atoms with van der Waals surface area (Å²) in [7, 11) is 1.63. The first kappa shape index (κ1) is 15.5. The topological polar surface area (TPSA) is 91.9 Å². The number of carbonyl (C=O) groups is 1. The molecular weight excluding hydrogens is 294 g/mol. The first-order valence-corrected chi connectivity index (χ1v) is 7.83. The molecule has 122 valence electrons. The van der Waals surface area contributed by atoms with Crippen LogP contribution >= 0.6 is 0 Å². The number of amides is 1. The van der Waals surface area contributed by atoms with Gasteiger partial charge in [-0.1, -0.05) is 6.42 Å². The first-order chi connectivity index (χ1) is 11.3. The van der Waals surface area contributed by atoms with Gasteiger partial charge in [-0.2, -0.15) is 5.10 Å². The maximum absolute atomic E-state index is 12.1. The van der Waals surface area contributed by atoms with E-state index in [4.69, 9.17) is 4.74 Å². The average Bonchev–Trinajstić information content (AvgIpc) is 3.09. The second kappa shape index (κ2) is 7.23. The summed E-state index contributed by atoms with van der Waals surface area (Å²) in [6.07, 6.45) is 3.12. The van der Waals surface area contributed by atoms with Crippen molar-refractivity contribution in [1.82, 2.24) is 25.8 Å². The predicted molar refractivity (Wildman–Crippen MR) is 85.9 cm³/mol. The minimum Gasteiger partial charge on any atom is -0.497 e. The molecule has 2 heterocycles. The van der Waals surface area contributed by atoms with E-state index in [9.17, 15) is 4.79 Å². The molecule has 1 saturated heterocycles. The molecule has 0 saturated carbocycles. The van der Waals surface area contributed by atoms with Gasteiger partial charge < -0.3 is 15.4 Å². The molecule has 0 aliphatic carbocycles. The van der Waals surface area contributed by atoms with Crippen molar-refractivity contribution < 1.29 is 9.53 Å². The number of ether oxygens (including phenoxy) is 1. The maximum Gasteiger partial charge on any atom is 0.237 e. The summed E-state index contributed by atoms with van der Waals surface area (Å²) in [5.41, 5.74) is 0.897. The predicted octanol–water partition coefficient (Wildman–Crippen LogP) is 1.24. The van der Waals surface area contributed by atoms with Crippen LogP contribution in [0.3, 0.4) is 0 Å². The number of hydrogen-bond donors (Lipinski definition) is 3. The lowest BCUT2D eigenvalue weighted by Gasteiger charge is -2.22. The summed E-state index contributed by atoms with van der Waals surface area (Å²) in [6.45, 7) is 1.25. The van der Waals surface area contributed by atoms with Crippen LogP contribution in [0.1, 0.15) is 25.1 Å². The van der Waals surface area contributed by atoms with Gasteiger partial charge in [0, 0.05) is 5.56 Å². The monoisotopic (exact) mass is 315 g/mol. The summed E-state index contributed by atoms with van der Waals surface area (Å²) >= 11 is 0. The Bertz CT molecular complexity index is 647. The SMILES string of the molecule is COc1ccc(-c2n[nH]c(CNC(=O)C3CCCCN3)n2)cc1. The number of aromatic amines is 1. The summed E-state index contributed by atoms with van der Waals surface area (Å²) in [5, 5.41) is 13.2. The summed E-state index contributed by atoms with van der Waals surface area (Å²) < 4.78 is 5.13. The first-order valence-electron chi connectivity index (χ1n) is 7.83. The highest BCUT2D eigenvalue weighted by Gasteiger charge is 2.20. The maximum atomic E-state index is 12.1. The Morgan fingerprint density at radius 2 is 2.17 bits per heavy atom. The normalized spacial score (nSPS) is 17.7. The van der Waals surface area contributed by atoms with Crippen LogP contribution in [0.25, 0.3) is 11.4 Å². The number of H-pyrrole nitrogens is 1. The Labute approximate surface area is 134 Å². The van der Waals surface area contributed by atoms with Crippen LogP contribution in [0.2, 0.25) is 0 Å². The van der Waals surface area contributed by atoms with E-state index in [0.29, 0.717) is 18.2 Å². The van der Waals surface area contributed by atoms with E-state index in [0.717, 1.165) is 37.1 Å². The zero-order chi connectivity index (χ0) is 16.1. The van der Waals surface area contributed by atoms with Crippen molar-refractivity contribution in [2.24, 2.45) is 0 Å². The van der Waals surface area contributed by atoms with Crippen LogP contribution in [0.4, 0.5) is 0 Å². The largest absolute Gasteiger partial charge is 0.497 e. The molecular formula is C16H21N5O2. The number of carbonyl (C=O) groups excluding carboxylic acids is 1. The third-order valence-electron chi connectivity index (χ3n) is 3.94. The van der Waals surface area contributed by atoms with E-state index in [2.05, 4.69) is 25.8 Å². The molecule has 0 radical (unpaired) electrons. The number of nitrogens with zero attached hydrogens (tertiary/aromatic N) is 2. The average molecular weight is 315 g/mol. The minimum absolute atomic E-state index is 0.0205. The van der Waals surface area contributed by atoms with Crippen molar-refractivity contribution in [1.29, 1.82) is 0 Å². The quantitative estimate of drug-likeness (QED) is 0.772. The van der Waals surface area contributed by atoms with Crippen LogP contribution in [-0.2, 0) is 11.3 Å². The fourth-order valence-corrected chi connectivity index (χ4v) is 2.61. The lowest BCUT2D eigenvalue weighted by molar-refractivity contribution is -0.123. The van der Waals surface area contributed by atoms with Crippen molar-refractivity contribution in [2.45, 2.75) is 31.8 Å². The Kier molecular flexibility index (Phi) is 4.87. The molecule has 2 aromatic rings. The van der Waals surface area contributed by atoms with Gasteiger partial charge in [0.05, 0.1) is 19.7 Å². The van der Waals surface area contributed by atoms with Crippen molar-refractivity contribution in [2.75, 3.05) is 13.7 Å². The molecule has 1 unspecified atom stereocenters. The van der Waals surface area contributed by atoms with Gasteiger partial charge in [-0.05, 0) is 43.7 Å². The molecule has 0 bridgehead atoms. The van der Waals surface area contributed by atoms with Gasteiger partial charge in [-0.3, -0.25) is 9.89 Å². The molecule has 1 aliphatic heterocycles. The van der Waals surface area contributed by atoms with Gasteiger partial charge in [0.2, 0.25) is 5.91 Å². The highest BCUT2D eigenvalue weighted by molar-refractivity contribution is 5.81. The summed E-state index contributed by atoms with van der Waals surface area (Å²) in [6, 6.07) is 7.43. The molecule has 23 heavy (non-hydrogen) atoms. The van der Waals surface area contributed by atoms with Gasteiger partial charge in [0.25, 0.3) is 0 Å². The molecule has 3 rings (SSSR count).